The highest BCUT2D eigenvalue weighted by atomic mass is 19.4. The summed E-state index contributed by atoms with van der Waals surface area (Å²) in [4.78, 5) is 22.1. The van der Waals surface area contributed by atoms with Crippen molar-refractivity contribution in [2.75, 3.05) is 6.54 Å². The zero-order chi connectivity index (χ0) is 14.5. The van der Waals surface area contributed by atoms with Gasteiger partial charge in [0.1, 0.15) is 0 Å². The summed E-state index contributed by atoms with van der Waals surface area (Å²) in [7, 11) is 0. The normalized spacial score (nSPS) is 11.1. The van der Waals surface area contributed by atoms with Gasteiger partial charge in [0.15, 0.2) is 0 Å². The van der Waals surface area contributed by atoms with E-state index in [4.69, 9.17) is 5.11 Å². The predicted octanol–water partition coefficient (Wildman–Crippen LogP) is 2.46. The lowest BCUT2D eigenvalue weighted by Crippen LogP contribution is -2.25. The van der Waals surface area contributed by atoms with Crippen molar-refractivity contribution in [2.24, 2.45) is 0 Å². The van der Waals surface area contributed by atoms with E-state index >= 15 is 0 Å². The van der Waals surface area contributed by atoms with Gasteiger partial charge in [0.05, 0.1) is 5.56 Å². The topological polar surface area (TPSA) is 66.4 Å². The summed E-state index contributed by atoms with van der Waals surface area (Å²) in [6.07, 6.45) is -5.37. The Kier molecular flexibility index (Phi) is 4.91. The molecular weight excluding hydrogens is 263 g/mol. The van der Waals surface area contributed by atoms with E-state index in [1.807, 2.05) is 0 Å². The second-order valence-corrected chi connectivity index (χ2v) is 3.86. The number of hydrogen-bond acceptors (Lipinski definition) is 2. The van der Waals surface area contributed by atoms with Crippen molar-refractivity contribution in [1.29, 1.82) is 0 Å². The first-order chi connectivity index (χ1) is 8.79. The van der Waals surface area contributed by atoms with Gasteiger partial charge in [0, 0.05) is 18.5 Å². The van der Waals surface area contributed by atoms with Gasteiger partial charge in [-0.3, -0.25) is 4.79 Å². The van der Waals surface area contributed by atoms with E-state index in [0.29, 0.717) is 0 Å². The zero-order valence-corrected chi connectivity index (χ0v) is 9.83. The molecule has 0 aliphatic rings. The fourth-order valence-corrected chi connectivity index (χ4v) is 1.36. The zero-order valence-electron chi connectivity index (χ0n) is 9.83. The standard InChI is InChI=1S/C12H12F3NO3/c13-12(14,15)6-1-7-16-10(17)8-2-4-9(5-3-8)11(18)19/h2-5H,1,6-7H2,(H,16,17)(H,18,19). The van der Waals surface area contributed by atoms with E-state index in [1.54, 1.807) is 0 Å². The Balaban J connectivity index is 2.43. The van der Waals surface area contributed by atoms with Crippen LogP contribution in [0, 0.1) is 0 Å². The van der Waals surface area contributed by atoms with Gasteiger partial charge in [0.25, 0.3) is 5.91 Å². The van der Waals surface area contributed by atoms with Gasteiger partial charge in [-0.1, -0.05) is 0 Å². The molecule has 0 aliphatic carbocycles. The first-order valence-electron chi connectivity index (χ1n) is 5.48. The molecule has 0 spiro atoms. The number of nitrogens with one attached hydrogen (secondary N) is 1. The number of hydrogen-bond donors (Lipinski definition) is 2. The Morgan fingerprint density at radius 1 is 1.11 bits per heavy atom. The lowest BCUT2D eigenvalue weighted by molar-refractivity contribution is -0.135. The van der Waals surface area contributed by atoms with E-state index in [1.165, 1.54) is 24.3 Å². The average Bonchev–Trinajstić information content (AvgIpc) is 2.33. The third kappa shape index (κ3) is 5.41. The highest BCUT2D eigenvalue weighted by molar-refractivity contribution is 5.95. The van der Waals surface area contributed by atoms with E-state index in [9.17, 15) is 22.8 Å². The van der Waals surface area contributed by atoms with Gasteiger partial charge in [-0.15, -0.1) is 0 Å². The van der Waals surface area contributed by atoms with Crippen LogP contribution in [-0.4, -0.2) is 29.7 Å². The molecule has 0 heterocycles. The van der Waals surface area contributed by atoms with E-state index in [2.05, 4.69) is 5.32 Å². The van der Waals surface area contributed by atoms with Gasteiger partial charge in [-0.05, 0) is 30.7 Å². The molecule has 104 valence electrons. The Morgan fingerprint density at radius 3 is 2.11 bits per heavy atom. The van der Waals surface area contributed by atoms with Crippen molar-refractivity contribution in [1.82, 2.24) is 5.32 Å². The van der Waals surface area contributed by atoms with E-state index < -0.39 is 24.5 Å². The second kappa shape index (κ2) is 6.21. The predicted molar refractivity (Wildman–Crippen MR) is 61.0 cm³/mol. The molecule has 1 aromatic carbocycles. The van der Waals surface area contributed by atoms with Crippen LogP contribution in [0.25, 0.3) is 0 Å². The molecule has 1 rings (SSSR count). The molecule has 0 unspecified atom stereocenters. The quantitative estimate of drug-likeness (QED) is 0.811. The smallest absolute Gasteiger partial charge is 0.389 e. The number of benzene rings is 1. The molecule has 0 radical (unpaired) electrons. The van der Waals surface area contributed by atoms with Crippen molar-refractivity contribution in [3.63, 3.8) is 0 Å². The molecular formula is C12H12F3NO3. The van der Waals surface area contributed by atoms with Crippen molar-refractivity contribution in [3.8, 4) is 0 Å². The Labute approximate surface area is 107 Å². The summed E-state index contributed by atoms with van der Waals surface area (Å²) in [5.74, 6) is -1.64. The van der Waals surface area contributed by atoms with Crippen LogP contribution in [0.5, 0.6) is 0 Å². The Morgan fingerprint density at radius 2 is 1.63 bits per heavy atom. The maximum Gasteiger partial charge on any atom is 0.389 e. The molecule has 4 nitrogen and oxygen atoms in total. The monoisotopic (exact) mass is 275 g/mol. The van der Waals surface area contributed by atoms with Gasteiger partial charge in [-0.25, -0.2) is 4.79 Å². The van der Waals surface area contributed by atoms with Crippen molar-refractivity contribution < 1.29 is 27.9 Å². The minimum atomic E-state index is -4.23. The number of halogens is 3. The molecule has 19 heavy (non-hydrogen) atoms. The summed E-state index contributed by atoms with van der Waals surface area (Å²) in [5.41, 5.74) is 0.241. The lowest BCUT2D eigenvalue weighted by Gasteiger charge is -2.07. The Bertz CT molecular complexity index is 454. The number of amides is 1. The van der Waals surface area contributed by atoms with Gasteiger partial charge < -0.3 is 10.4 Å². The molecule has 0 saturated carbocycles. The summed E-state index contributed by atoms with van der Waals surface area (Å²) in [6.45, 7) is -0.0843. The highest BCUT2D eigenvalue weighted by Crippen LogP contribution is 2.20. The van der Waals surface area contributed by atoms with E-state index in [-0.39, 0.29) is 24.1 Å². The SMILES string of the molecule is O=C(O)c1ccc(C(=O)NCCCC(F)(F)F)cc1. The summed E-state index contributed by atoms with van der Waals surface area (Å²) in [6, 6.07) is 5.13. The number of carbonyl (C=O) groups is 2. The maximum atomic E-state index is 11.9. The second-order valence-electron chi connectivity index (χ2n) is 3.86. The molecule has 0 fully saturated rings. The molecule has 1 amide bonds. The molecule has 0 aromatic heterocycles. The van der Waals surface area contributed by atoms with Crippen LogP contribution in [0.4, 0.5) is 13.2 Å². The average molecular weight is 275 g/mol. The van der Waals surface area contributed by atoms with Crippen molar-refractivity contribution in [2.45, 2.75) is 19.0 Å². The van der Waals surface area contributed by atoms with Crippen molar-refractivity contribution >= 4 is 11.9 Å². The number of rotatable bonds is 5. The number of carboxylic acid groups (broad SMARTS) is 1. The molecule has 1 aromatic rings. The number of carboxylic acids is 1. The van der Waals surface area contributed by atoms with Gasteiger partial charge in [-0.2, -0.15) is 13.2 Å². The summed E-state index contributed by atoms with van der Waals surface area (Å²) < 4.78 is 35.6. The van der Waals surface area contributed by atoms with Crippen LogP contribution in [0.2, 0.25) is 0 Å². The van der Waals surface area contributed by atoms with Crippen LogP contribution in [-0.2, 0) is 0 Å². The fraction of sp³-hybridized carbons (Fsp3) is 0.333. The minimum Gasteiger partial charge on any atom is -0.478 e. The van der Waals surface area contributed by atoms with Crippen LogP contribution < -0.4 is 5.32 Å². The summed E-state index contributed by atoms with van der Waals surface area (Å²) in [5, 5.41) is 11.0. The summed E-state index contributed by atoms with van der Waals surface area (Å²) >= 11 is 0. The Hall–Kier alpha value is -2.05. The number of alkyl halides is 3. The van der Waals surface area contributed by atoms with Crippen LogP contribution in [0.3, 0.4) is 0 Å². The fourth-order valence-electron chi connectivity index (χ4n) is 1.36. The van der Waals surface area contributed by atoms with Crippen molar-refractivity contribution in [3.05, 3.63) is 35.4 Å². The molecule has 0 bridgehead atoms. The third-order valence-electron chi connectivity index (χ3n) is 2.32. The molecule has 0 aliphatic heterocycles. The molecule has 7 heteroatoms. The van der Waals surface area contributed by atoms with Gasteiger partial charge in [0.2, 0.25) is 0 Å². The van der Waals surface area contributed by atoms with Gasteiger partial charge >= 0.3 is 12.1 Å². The molecule has 0 atom stereocenters. The van der Waals surface area contributed by atoms with E-state index in [0.717, 1.165) is 0 Å². The molecule has 0 saturated heterocycles. The van der Waals surface area contributed by atoms with Crippen LogP contribution in [0.1, 0.15) is 33.6 Å². The third-order valence-corrected chi connectivity index (χ3v) is 2.32. The number of carbonyl (C=O) groups excluding carboxylic acids is 1. The van der Waals surface area contributed by atoms with Crippen LogP contribution in [0.15, 0.2) is 24.3 Å². The maximum absolute atomic E-state index is 11.9. The highest BCUT2D eigenvalue weighted by Gasteiger charge is 2.25. The minimum absolute atomic E-state index is 0.0358. The number of aromatic carboxylic acids is 1. The first kappa shape index (κ1) is 15.0. The van der Waals surface area contributed by atoms with Crippen LogP contribution >= 0.6 is 0 Å². The largest absolute Gasteiger partial charge is 0.478 e. The molecule has 2 N–H and O–H groups in total. The lowest BCUT2D eigenvalue weighted by atomic mass is 10.1. The first-order valence-corrected chi connectivity index (χ1v) is 5.48.